The Bertz CT molecular complexity index is 376. The number of aliphatic hydroxyl groups is 1. The van der Waals surface area contributed by atoms with Crippen LogP contribution in [-0.2, 0) is 4.79 Å². The molecule has 0 aromatic rings. The normalized spacial score (nSPS) is 37.8. The van der Waals surface area contributed by atoms with Crippen LogP contribution in [0, 0.1) is 11.8 Å². The molecule has 1 saturated heterocycles. The Kier molecular flexibility index (Phi) is 4.52. The number of carboxylic acids is 1. The summed E-state index contributed by atoms with van der Waals surface area (Å²) in [5, 5.41) is 23.0. The van der Waals surface area contributed by atoms with Crippen molar-refractivity contribution in [3.8, 4) is 0 Å². The number of likely N-dealkylation sites (tertiary alicyclic amines) is 1. The van der Waals surface area contributed by atoms with Gasteiger partial charge in [-0.2, -0.15) is 0 Å². The monoisotopic (exact) mass is 296 g/mol. The topological polar surface area (TPSA) is 72.8 Å². The molecule has 2 saturated carbocycles. The first-order valence-electron chi connectivity index (χ1n) is 8.46. The summed E-state index contributed by atoms with van der Waals surface area (Å²) in [5.74, 6) is -0.257. The zero-order valence-corrected chi connectivity index (χ0v) is 12.8. The zero-order valence-electron chi connectivity index (χ0n) is 12.8. The van der Waals surface area contributed by atoms with Crippen molar-refractivity contribution in [3.63, 3.8) is 0 Å². The maximum absolute atomic E-state index is 10.9. The van der Waals surface area contributed by atoms with E-state index in [2.05, 4.69) is 10.2 Å². The third-order valence-corrected chi connectivity index (χ3v) is 5.53. The molecule has 0 spiro atoms. The van der Waals surface area contributed by atoms with E-state index in [1.807, 2.05) is 0 Å². The molecule has 0 amide bonds. The molecule has 3 N–H and O–H groups in total. The number of aliphatic carboxylic acids is 1. The van der Waals surface area contributed by atoms with Gasteiger partial charge in [0.15, 0.2) is 0 Å². The van der Waals surface area contributed by atoms with Crippen molar-refractivity contribution < 1.29 is 15.0 Å². The van der Waals surface area contributed by atoms with Crippen LogP contribution >= 0.6 is 0 Å². The molecule has 1 unspecified atom stereocenters. The number of hydrogen-bond donors (Lipinski definition) is 3. The number of hydrogen-bond acceptors (Lipinski definition) is 4. The Morgan fingerprint density at radius 3 is 2.52 bits per heavy atom. The van der Waals surface area contributed by atoms with Crippen molar-refractivity contribution in [1.82, 2.24) is 10.2 Å². The Balaban J connectivity index is 1.34. The molecular weight excluding hydrogens is 268 g/mol. The third-order valence-electron chi connectivity index (χ3n) is 5.53. The predicted octanol–water partition coefficient (Wildman–Crippen LogP) is 1.07. The third kappa shape index (κ3) is 3.96. The molecule has 1 atom stereocenters. The van der Waals surface area contributed by atoms with Crippen molar-refractivity contribution in [2.24, 2.45) is 11.8 Å². The van der Waals surface area contributed by atoms with Crippen LogP contribution in [0.15, 0.2) is 0 Å². The highest BCUT2D eigenvalue weighted by Crippen LogP contribution is 2.33. The van der Waals surface area contributed by atoms with E-state index in [9.17, 15) is 9.90 Å². The van der Waals surface area contributed by atoms with Crippen LogP contribution in [0.2, 0.25) is 0 Å². The van der Waals surface area contributed by atoms with Crippen molar-refractivity contribution in [2.75, 3.05) is 26.2 Å². The van der Waals surface area contributed by atoms with Crippen LogP contribution in [0.3, 0.4) is 0 Å². The smallest absolute Gasteiger partial charge is 0.306 e. The van der Waals surface area contributed by atoms with Crippen LogP contribution in [0.4, 0.5) is 0 Å². The summed E-state index contributed by atoms with van der Waals surface area (Å²) in [7, 11) is 0. The summed E-state index contributed by atoms with van der Waals surface area (Å²) in [6.07, 6.45) is 6.45. The van der Waals surface area contributed by atoms with Gasteiger partial charge >= 0.3 is 5.97 Å². The van der Waals surface area contributed by atoms with Gasteiger partial charge in [-0.15, -0.1) is 0 Å². The summed E-state index contributed by atoms with van der Waals surface area (Å²) in [4.78, 5) is 13.6. The zero-order chi connectivity index (χ0) is 14.9. The average Bonchev–Trinajstić information content (AvgIpc) is 3.19. The number of nitrogens with zero attached hydrogens (tertiary/aromatic N) is 1. The second kappa shape index (κ2) is 6.23. The summed E-state index contributed by atoms with van der Waals surface area (Å²) in [6, 6.07) is 0.866. The fourth-order valence-electron chi connectivity index (χ4n) is 3.89. The van der Waals surface area contributed by atoms with Gasteiger partial charge in [-0.25, -0.2) is 0 Å². The average molecular weight is 296 g/mol. The quantitative estimate of drug-likeness (QED) is 0.684. The first-order valence-corrected chi connectivity index (χ1v) is 8.46. The Hall–Kier alpha value is -0.650. The van der Waals surface area contributed by atoms with E-state index in [0.717, 1.165) is 12.6 Å². The van der Waals surface area contributed by atoms with Crippen LogP contribution in [0.5, 0.6) is 0 Å². The van der Waals surface area contributed by atoms with Crippen molar-refractivity contribution in [2.45, 2.75) is 56.6 Å². The number of rotatable bonds is 6. The molecule has 0 aromatic heterocycles. The first kappa shape index (κ1) is 15.3. The SMILES string of the molecule is O=C(O)C1CCC(O)(CNCC2CCN(C3CC3)C2)CC1. The van der Waals surface area contributed by atoms with Gasteiger partial charge in [-0.1, -0.05) is 0 Å². The van der Waals surface area contributed by atoms with Gasteiger partial charge in [-0.05, 0) is 64.0 Å². The minimum Gasteiger partial charge on any atom is -0.481 e. The predicted molar refractivity (Wildman–Crippen MR) is 80.1 cm³/mol. The molecule has 3 fully saturated rings. The van der Waals surface area contributed by atoms with E-state index >= 15 is 0 Å². The molecule has 5 nitrogen and oxygen atoms in total. The van der Waals surface area contributed by atoms with Gasteiger partial charge in [0, 0.05) is 19.1 Å². The minimum atomic E-state index is -0.712. The van der Waals surface area contributed by atoms with E-state index < -0.39 is 11.6 Å². The summed E-state index contributed by atoms with van der Waals surface area (Å²) in [5.41, 5.74) is -0.694. The Morgan fingerprint density at radius 2 is 1.90 bits per heavy atom. The maximum Gasteiger partial charge on any atom is 0.306 e. The molecule has 0 bridgehead atoms. The fourth-order valence-corrected chi connectivity index (χ4v) is 3.89. The number of nitrogens with one attached hydrogen (secondary N) is 1. The van der Waals surface area contributed by atoms with Crippen molar-refractivity contribution >= 4 is 5.97 Å². The van der Waals surface area contributed by atoms with Crippen molar-refractivity contribution in [1.29, 1.82) is 0 Å². The first-order chi connectivity index (χ1) is 10.1. The highest BCUT2D eigenvalue weighted by molar-refractivity contribution is 5.70. The molecule has 0 aromatic carbocycles. The summed E-state index contributed by atoms with van der Waals surface area (Å²) in [6.45, 7) is 4.03. The van der Waals surface area contributed by atoms with Gasteiger partial charge in [0.2, 0.25) is 0 Å². The van der Waals surface area contributed by atoms with E-state index in [1.54, 1.807) is 0 Å². The highest BCUT2D eigenvalue weighted by atomic mass is 16.4. The molecule has 1 heterocycles. The van der Waals surface area contributed by atoms with Gasteiger partial charge in [0.05, 0.1) is 11.5 Å². The van der Waals surface area contributed by atoms with Crippen LogP contribution < -0.4 is 5.32 Å². The number of carboxylic acid groups (broad SMARTS) is 1. The lowest BCUT2D eigenvalue weighted by Crippen LogP contribution is -2.45. The van der Waals surface area contributed by atoms with E-state index in [0.29, 0.717) is 38.1 Å². The minimum absolute atomic E-state index is 0.257. The standard InChI is InChI=1S/C16H28N2O3/c19-15(20)13-3-6-16(21,7-4-13)11-17-9-12-5-8-18(10-12)14-1-2-14/h12-14,17,21H,1-11H2,(H,19,20). The highest BCUT2D eigenvalue weighted by Gasteiger charge is 2.37. The van der Waals surface area contributed by atoms with Gasteiger partial charge in [0.25, 0.3) is 0 Å². The van der Waals surface area contributed by atoms with Crippen molar-refractivity contribution in [3.05, 3.63) is 0 Å². The molecule has 3 aliphatic rings. The largest absolute Gasteiger partial charge is 0.481 e. The molecule has 0 radical (unpaired) electrons. The lowest BCUT2D eigenvalue weighted by Gasteiger charge is -2.35. The fraction of sp³-hybridized carbons (Fsp3) is 0.938. The molecule has 5 heteroatoms. The molecular formula is C16H28N2O3. The second-order valence-electron chi connectivity index (χ2n) is 7.35. The van der Waals surface area contributed by atoms with E-state index in [-0.39, 0.29) is 5.92 Å². The van der Waals surface area contributed by atoms with Gasteiger partial charge in [0.1, 0.15) is 0 Å². The molecule has 3 rings (SSSR count). The lowest BCUT2D eigenvalue weighted by molar-refractivity contribution is -0.144. The van der Waals surface area contributed by atoms with E-state index in [4.69, 9.17) is 5.11 Å². The summed E-state index contributed by atoms with van der Waals surface area (Å²) >= 11 is 0. The Labute approximate surface area is 126 Å². The molecule has 1 aliphatic heterocycles. The summed E-state index contributed by atoms with van der Waals surface area (Å²) < 4.78 is 0. The molecule has 120 valence electrons. The Morgan fingerprint density at radius 1 is 1.19 bits per heavy atom. The maximum atomic E-state index is 10.9. The van der Waals surface area contributed by atoms with E-state index in [1.165, 1.54) is 32.4 Å². The van der Waals surface area contributed by atoms with Crippen LogP contribution in [-0.4, -0.2) is 58.9 Å². The second-order valence-corrected chi connectivity index (χ2v) is 7.35. The van der Waals surface area contributed by atoms with Gasteiger partial charge in [-0.3, -0.25) is 4.79 Å². The molecule has 2 aliphatic carbocycles. The van der Waals surface area contributed by atoms with Crippen LogP contribution in [0.1, 0.15) is 44.9 Å². The number of carbonyl (C=O) groups is 1. The van der Waals surface area contributed by atoms with Crippen LogP contribution in [0.25, 0.3) is 0 Å². The van der Waals surface area contributed by atoms with Gasteiger partial charge < -0.3 is 20.4 Å². The lowest BCUT2D eigenvalue weighted by atomic mass is 9.79. The molecule has 21 heavy (non-hydrogen) atoms.